The van der Waals surface area contributed by atoms with Gasteiger partial charge in [0.05, 0.1) is 24.4 Å². The van der Waals surface area contributed by atoms with Crippen molar-refractivity contribution in [2.45, 2.75) is 39.2 Å². The monoisotopic (exact) mass is 365 g/mol. The molecule has 27 heavy (non-hydrogen) atoms. The van der Waals surface area contributed by atoms with E-state index in [-0.39, 0.29) is 12.7 Å². The lowest BCUT2D eigenvalue weighted by atomic mass is 9.87. The number of unbranched alkanes of at least 4 members (excludes halogenated alkanes) is 1. The Labute approximate surface area is 161 Å². The van der Waals surface area contributed by atoms with E-state index in [0.717, 1.165) is 40.8 Å². The van der Waals surface area contributed by atoms with Gasteiger partial charge in [0.1, 0.15) is 0 Å². The van der Waals surface area contributed by atoms with Gasteiger partial charge in [-0.05, 0) is 49.1 Å². The van der Waals surface area contributed by atoms with Gasteiger partial charge in [-0.25, -0.2) is 4.79 Å². The van der Waals surface area contributed by atoms with Crippen LogP contribution < -0.4 is 4.90 Å². The number of rotatable bonds is 5. The number of amides is 1. The van der Waals surface area contributed by atoms with Crippen molar-refractivity contribution in [3.05, 3.63) is 60.2 Å². The van der Waals surface area contributed by atoms with E-state index in [0.29, 0.717) is 6.61 Å². The van der Waals surface area contributed by atoms with Crippen LogP contribution in [0.5, 0.6) is 0 Å². The molecule has 2 aromatic rings. The molecule has 0 atom stereocenters. The number of nitrogens with zero attached hydrogens (tertiary/aromatic N) is 1. The van der Waals surface area contributed by atoms with E-state index in [1.807, 2.05) is 68.5 Å². The molecule has 1 aliphatic heterocycles. The largest absolute Gasteiger partial charge is 0.449 e. The number of carbonyl (C=O) groups is 1. The molecule has 0 aliphatic carbocycles. The molecule has 1 amide bonds. The molecule has 2 aromatic carbocycles. The quantitative estimate of drug-likeness (QED) is 0.735. The van der Waals surface area contributed by atoms with Gasteiger partial charge in [0.15, 0.2) is 0 Å². The number of fused-ring (bicyclic) bond motifs is 1. The zero-order valence-corrected chi connectivity index (χ0v) is 16.2. The molecule has 0 spiro atoms. The summed E-state index contributed by atoms with van der Waals surface area (Å²) in [6, 6.07) is 16.1. The lowest BCUT2D eigenvalue weighted by Crippen LogP contribution is -2.49. The predicted octanol–water partition coefficient (Wildman–Crippen LogP) is 5.26. The summed E-state index contributed by atoms with van der Waals surface area (Å²) in [7, 11) is 0. The summed E-state index contributed by atoms with van der Waals surface area (Å²) in [5, 5.41) is 9.93. The van der Waals surface area contributed by atoms with E-state index in [9.17, 15) is 9.90 Å². The normalized spacial score (nSPS) is 15.1. The van der Waals surface area contributed by atoms with Crippen molar-refractivity contribution < 1.29 is 14.6 Å². The smallest absolute Gasteiger partial charge is 0.415 e. The summed E-state index contributed by atoms with van der Waals surface area (Å²) >= 11 is 0. The second kappa shape index (κ2) is 7.97. The van der Waals surface area contributed by atoms with Crippen molar-refractivity contribution >= 4 is 17.4 Å². The average Bonchev–Trinajstić information content (AvgIpc) is 2.67. The van der Waals surface area contributed by atoms with E-state index in [1.165, 1.54) is 0 Å². The Hall–Kier alpha value is -2.59. The molecule has 0 fully saturated rings. The third-order valence-corrected chi connectivity index (χ3v) is 4.87. The number of ether oxygens (including phenoxy) is 1. The number of aliphatic hydroxyl groups excluding tert-OH is 1. The SMILES string of the molecule is CCCCOC(=O)N1c2ccc(-c3ccccc3)cc2C(CO)=CC1(C)C. The summed E-state index contributed by atoms with van der Waals surface area (Å²) in [4.78, 5) is 14.5. The molecule has 0 bridgehead atoms. The highest BCUT2D eigenvalue weighted by molar-refractivity contribution is 5.98. The maximum atomic E-state index is 12.8. The third-order valence-electron chi connectivity index (χ3n) is 4.87. The second-order valence-corrected chi connectivity index (χ2v) is 7.38. The first-order valence-electron chi connectivity index (χ1n) is 9.47. The Balaban J connectivity index is 2.04. The van der Waals surface area contributed by atoms with E-state index >= 15 is 0 Å². The van der Waals surface area contributed by atoms with Gasteiger partial charge in [-0.1, -0.05) is 55.8 Å². The minimum absolute atomic E-state index is 0.0760. The molecule has 4 nitrogen and oxygen atoms in total. The van der Waals surface area contributed by atoms with Crippen LogP contribution in [0.15, 0.2) is 54.6 Å². The Bertz CT molecular complexity index is 840. The highest BCUT2D eigenvalue weighted by Crippen LogP contribution is 2.41. The van der Waals surface area contributed by atoms with Crippen LogP contribution in [0.4, 0.5) is 10.5 Å². The fraction of sp³-hybridized carbons (Fsp3) is 0.348. The Morgan fingerprint density at radius 2 is 1.85 bits per heavy atom. The minimum Gasteiger partial charge on any atom is -0.449 e. The molecular weight excluding hydrogens is 338 g/mol. The van der Waals surface area contributed by atoms with Gasteiger partial charge in [0, 0.05) is 5.56 Å². The molecule has 1 heterocycles. The maximum absolute atomic E-state index is 12.8. The number of benzene rings is 2. The molecule has 3 rings (SSSR count). The number of hydrogen-bond acceptors (Lipinski definition) is 3. The van der Waals surface area contributed by atoms with Crippen molar-refractivity contribution in [3.63, 3.8) is 0 Å². The molecule has 0 aromatic heterocycles. The van der Waals surface area contributed by atoms with Crippen molar-refractivity contribution in [2.24, 2.45) is 0 Å². The number of hydrogen-bond donors (Lipinski definition) is 1. The van der Waals surface area contributed by atoms with Crippen LogP contribution >= 0.6 is 0 Å². The fourth-order valence-corrected chi connectivity index (χ4v) is 3.51. The van der Waals surface area contributed by atoms with E-state index < -0.39 is 5.54 Å². The van der Waals surface area contributed by atoms with Crippen LogP contribution in [-0.4, -0.2) is 30.0 Å². The maximum Gasteiger partial charge on any atom is 0.415 e. The van der Waals surface area contributed by atoms with Crippen LogP contribution in [0.1, 0.15) is 39.2 Å². The Morgan fingerprint density at radius 1 is 1.11 bits per heavy atom. The van der Waals surface area contributed by atoms with E-state index in [2.05, 4.69) is 6.92 Å². The molecule has 4 heteroatoms. The van der Waals surface area contributed by atoms with Gasteiger partial charge >= 0.3 is 6.09 Å². The molecule has 0 saturated carbocycles. The van der Waals surface area contributed by atoms with Crippen molar-refractivity contribution in [3.8, 4) is 11.1 Å². The highest BCUT2D eigenvalue weighted by atomic mass is 16.6. The first-order chi connectivity index (χ1) is 13.0. The van der Waals surface area contributed by atoms with Crippen molar-refractivity contribution in [1.82, 2.24) is 0 Å². The van der Waals surface area contributed by atoms with Gasteiger partial charge in [-0.2, -0.15) is 0 Å². The summed E-state index contributed by atoms with van der Waals surface area (Å²) < 4.78 is 5.49. The van der Waals surface area contributed by atoms with Crippen LogP contribution in [-0.2, 0) is 4.74 Å². The fourth-order valence-electron chi connectivity index (χ4n) is 3.51. The van der Waals surface area contributed by atoms with Crippen molar-refractivity contribution in [2.75, 3.05) is 18.1 Å². The van der Waals surface area contributed by atoms with Crippen LogP contribution in [0, 0.1) is 0 Å². The summed E-state index contributed by atoms with van der Waals surface area (Å²) in [5.74, 6) is 0. The van der Waals surface area contributed by atoms with Crippen LogP contribution in [0.25, 0.3) is 16.7 Å². The standard InChI is InChI=1S/C23H27NO3/c1-4-5-13-27-22(26)24-21-12-11-18(17-9-7-6-8-10-17)14-20(21)19(16-25)15-23(24,2)3/h6-12,14-15,25H,4-5,13,16H2,1-3H3. The van der Waals surface area contributed by atoms with Crippen molar-refractivity contribution in [1.29, 1.82) is 0 Å². The van der Waals surface area contributed by atoms with E-state index in [1.54, 1.807) is 4.90 Å². The molecule has 1 aliphatic rings. The number of aliphatic hydroxyl groups is 1. The average molecular weight is 365 g/mol. The zero-order chi connectivity index (χ0) is 19.4. The Morgan fingerprint density at radius 3 is 2.52 bits per heavy atom. The van der Waals surface area contributed by atoms with Gasteiger partial charge < -0.3 is 9.84 Å². The molecule has 1 N–H and O–H groups in total. The first-order valence-corrected chi connectivity index (χ1v) is 9.47. The molecule has 0 unspecified atom stereocenters. The second-order valence-electron chi connectivity index (χ2n) is 7.38. The Kier molecular flexibility index (Phi) is 5.66. The van der Waals surface area contributed by atoms with Crippen LogP contribution in [0.3, 0.4) is 0 Å². The topological polar surface area (TPSA) is 49.8 Å². The zero-order valence-electron chi connectivity index (χ0n) is 16.2. The van der Waals surface area contributed by atoms with E-state index in [4.69, 9.17) is 4.74 Å². The van der Waals surface area contributed by atoms with Gasteiger partial charge in [0.2, 0.25) is 0 Å². The van der Waals surface area contributed by atoms with Gasteiger partial charge in [-0.3, -0.25) is 4.90 Å². The lowest BCUT2D eigenvalue weighted by molar-refractivity contribution is 0.147. The summed E-state index contributed by atoms with van der Waals surface area (Å²) in [6.45, 7) is 6.31. The highest BCUT2D eigenvalue weighted by Gasteiger charge is 2.37. The molecule has 142 valence electrons. The predicted molar refractivity (Wildman–Crippen MR) is 110 cm³/mol. The molecule has 0 saturated heterocycles. The summed E-state index contributed by atoms with van der Waals surface area (Å²) in [6.07, 6.45) is 3.42. The molecular formula is C23H27NO3. The number of anilines is 1. The lowest BCUT2D eigenvalue weighted by Gasteiger charge is -2.41. The minimum atomic E-state index is -0.581. The van der Waals surface area contributed by atoms with Gasteiger partial charge in [-0.15, -0.1) is 0 Å². The molecule has 0 radical (unpaired) electrons. The third kappa shape index (κ3) is 3.91. The number of carbonyl (C=O) groups excluding carboxylic acids is 1. The van der Waals surface area contributed by atoms with Gasteiger partial charge in [0.25, 0.3) is 0 Å². The van der Waals surface area contributed by atoms with Crippen LogP contribution in [0.2, 0.25) is 0 Å². The first kappa shape index (κ1) is 19.2. The summed E-state index contributed by atoms with van der Waals surface area (Å²) in [5.41, 5.74) is 4.03.